The van der Waals surface area contributed by atoms with E-state index >= 15 is 0 Å². The molecule has 2 aliphatic heterocycles. The number of carbonyl (C=O) groups is 1. The van der Waals surface area contributed by atoms with E-state index in [1.807, 2.05) is 4.90 Å². The van der Waals surface area contributed by atoms with Crippen LogP contribution in [-0.4, -0.2) is 59.1 Å². The van der Waals surface area contributed by atoms with Gasteiger partial charge < -0.3 is 10.0 Å². The van der Waals surface area contributed by atoms with Crippen LogP contribution in [-0.2, 0) is 4.79 Å². The molecular formula is C14H26N2O2. The van der Waals surface area contributed by atoms with E-state index in [4.69, 9.17) is 0 Å². The smallest absolute Gasteiger partial charge is 0.236 e. The first-order valence-corrected chi connectivity index (χ1v) is 7.28. The van der Waals surface area contributed by atoms with Crippen LogP contribution in [0.1, 0.15) is 39.5 Å². The first-order valence-electron chi connectivity index (χ1n) is 7.28. The van der Waals surface area contributed by atoms with Crippen LogP contribution in [0.5, 0.6) is 0 Å². The topological polar surface area (TPSA) is 43.8 Å². The third-order valence-electron chi connectivity index (χ3n) is 4.43. The second kappa shape index (κ2) is 6.02. The van der Waals surface area contributed by atoms with E-state index in [1.165, 1.54) is 6.42 Å². The van der Waals surface area contributed by atoms with Crippen molar-refractivity contribution in [1.29, 1.82) is 0 Å². The van der Waals surface area contributed by atoms with Gasteiger partial charge in [0.2, 0.25) is 5.91 Å². The summed E-state index contributed by atoms with van der Waals surface area (Å²) < 4.78 is 0. The Bertz CT molecular complexity index is 296. The molecule has 4 nitrogen and oxygen atoms in total. The number of aliphatic hydroxyl groups is 1. The van der Waals surface area contributed by atoms with Gasteiger partial charge in [0.25, 0.3) is 0 Å². The zero-order valence-electron chi connectivity index (χ0n) is 11.6. The predicted molar refractivity (Wildman–Crippen MR) is 71.3 cm³/mol. The standard InChI is InChI=1S/C14H26N2O2/c1-11-9-15(8-6-13(11)17)10-14(18)16-7-4-3-5-12(16)2/h11-13,17H,3-10H2,1-2H3. The van der Waals surface area contributed by atoms with Crippen molar-refractivity contribution in [2.45, 2.75) is 51.7 Å². The van der Waals surface area contributed by atoms with Gasteiger partial charge >= 0.3 is 0 Å². The molecule has 3 atom stereocenters. The number of aliphatic hydroxyl groups excluding tert-OH is 1. The summed E-state index contributed by atoms with van der Waals surface area (Å²) in [5.74, 6) is 0.552. The van der Waals surface area contributed by atoms with Gasteiger partial charge in [-0.25, -0.2) is 0 Å². The second-order valence-electron chi connectivity index (χ2n) is 6.00. The summed E-state index contributed by atoms with van der Waals surface area (Å²) in [5, 5.41) is 9.70. The largest absolute Gasteiger partial charge is 0.393 e. The van der Waals surface area contributed by atoms with Crippen molar-refractivity contribution in [3.63, 3.8) is 0 Å². The quantitative estimate of drug-likeness (QED) is 0.802. The van der Waals surface area contributed by atoms with Crippen molar-refractivity contribution >= 4 is 5.91 Å². The molecule has 18 heavy (non-hydrogen) atoms. The highest BCUT2D eigenvalue weighted by Crippen LogP contribution is 2.19. The molecule has 2 aliphatic rings. The Hall–Kier alpha value is -0.610. The molecule has 0 aromatic carbocycles. The molecule has 2 saturated heterocycles. The molecule has 2 fully saturated rings. The molecule has 0 spiro atoms. The first-order chi connectivity index (χ1) is 8.58. The summed E-state index contributed by atoms with van der Waals surface area (Å²) in [6.07, 6.45) is 4.14. The van der Waals surface area contributed by atoms with Crippen molar-refractivity contribution < 1.29 is 9.90 Å². The molecule has 0 bridgehead atoms. The first kappa shape index (κ1) is 13.8. The molecule has 2 heterocycles. The van der Waals surface area contributed by atoms with Gasteiger partial charge in [-0.3, -0.25) is 9.69 Å². The van der Waals surface area contributed by atoms with Crippen molar-refractivity contribution in [2.75, 3.05) is 26.2 Å². The number of likely N-dealkylation sites (tertiary alicyclic amines) is 2. The summed E-state index contributed by atoms with van der Waals surface area (Å²) >= 11 is 0. The fraction of sp³-hybridized carbons (Fsp3) is 0.929. The van der Waals surface area contributed by atoms with Crippen LogP contribution >= 0.6 is 0 Å². The Kier molecular flexibility index (Phi) is 4.62. The van der Waals surface area contributed by atoms with Gasteiger partial charge in [-0.15, -0.1) is 0 Å². The molecule has 0 aliphatic carbocycles. The minimum Gasteiger partial charge on any atom is -0.393 e. The molecule has 3 unspecified atom stereocenters. The summed E-state index contributed by atoms with van der Waals surface area (Å²) in [6.45, 7) is 7.35. The van der Waals surface area contributed by atoms with E-state index in [2.05, 4.69) is 18.7 Å². The van der Waals surface area contributed by atoms with E-state index in [0.29, 0.717) is 12.6 Å². The van der Waals surface area contributed by atoms with Crippen LogP contribution in [0.2, 0.25) is 0 Å². The van der Waals surface area contributed by atoms with Crippen LogP contribution in [0.25, 0.3) is 0 Å². The Labute approximate surface area is 110 Å². The molecule has 0 saturated carbocycles. The van der Waals surface area contributed by atoms with Crippen LogP contribution < -0.4 is 0 Å². The predicted octanol–water partition coefficient (Wildman–Crippen LogP) is 1.09. The Morgan fingerprint density at radius 2 is 2.00 bits per heavy atom. The maximum Gasteiger partial charge on any atom is 0.236 e. The minimum absolute atomic E-state index is 0.190. The average molecular weight is 254 g/mol. The Balaban J connectivity index is 1.83. The number of rotatable bonds is 2. The van der Waals surface area contributed by atoms with Crippen LogP contribution in [0.4, 0.5) is 0 Å². The third-order valence-corrected chi connectivity index (χ3v) is 4.43. The van der Waals surface area contributed by atoms with Crippen LogP contribution in [0.3, 0.4) is 0 Å². The lowest BCUT2D eigenvalue weighted by Gasteiger charge is -2.38. The number of hydrogen-bond donors (Lipinski definition) is 1. The van der Waals surface area contributed by atoms with Gasteiger partial charge in [-0.2, -0.15) is 0 Å². The van der Waals surface area contributed by atoms with Gasteiger partial charge in [0.1, 0.15) is 0 Å². The normalized spacial score (nSPS) is 34.6. The Morgan fingerprint density at radius 3 is 2.67 bits per heavy atom. The molecule has 0 radical (unpaired) electrons. The fourth-order valence-electron chi connectivity index (χ4n) is 3.11. The molecule has 1 amide bonds. The lowest BCUT2D eigenvalue weighted by Crippen LogP contribution is -2.50. The molecule has 0 aromatic rings. The molecule has 104 valence electrons. The number of amides is 1. The number of carbonyl (C=O) groups excluding carboxylic acids is 1. The second-order valence-corrected chi connectivity index (χ2v) is 6.00. The lowest BCUT2D eigenvalue weighted by atomic mass is 9.96. The number of piperidine rings is 2. The van der Waals surface area contributed by atoms with Gasteiger partial charge in [0, 0.05) is 25.7 Å². The van der Waals surface area contributed by atoms with E-state index < -0.39 is 0 Å². The minimum atomic E-state index is -0.190. The van der Waals surface area contributed by atoms with Gasteiger partial charge in [-0.1, -0.05) is 6.92 Å². The van der Waals surface area contributed by atoms with Gasteiger partial charge in [0.15, 0.2) is 0 Å². The summed E-state index contributed by atoms with van der Waals surface area (Å²) in [5.41, 5.74) is 0. The van der Waals surface area contributed by atoms with Crippen molar-refractivity contribution in [3.05, 3.63) is 0 Å². The maximum atomic E-state index is 12.3. The van der Waals surface area contributed by atoms with Crippen molar-refractivity contribution in [3.8, 4) is 0 Å². The monoisotopic (exact) mass is 254 g/mol. The van der Waals surface area contributed by atoms with E-state index in [0.717, 1.165) is 38.9 Å². The molecule has 4 heteroatoms. The average Bonchev–Trinajstić information content (AvgIpc) is 2.34. The summed E-state index contributed by atoms with van der Waals surface area (Å²) in [4.78, 5) is 16.5. The molecule has 0 aromatic heterocycles. The highest BCUT2D eigenvalue weighted by molar-refractivity contribution is 5.78. The fourth-order valence-corrected chi connectivity index (χ4v) is 3.11. The lowest BCUT2D eigenvalue weighted by molar-refractivity contribution is -0.136. The molecular weight excluding hydrogens is 228 g/mol. The maximum absolute atomic E-state index is 12.3. The van der Waals surface area contributed by atoms with Crippen molar-refractivity contribution in [1.82, 2.24) is 9.80 Å². The zero-order chi connectivity index (χ0) is 13.1. The molecule has 1 N–H and O–H groups in total. The van der Waals surface area contributed by atoms with Gasteiger partial charge in [-0.05, 0) is 38.5 Å². The van der Waals surface area contributed by atoms with Gasteiger partial charge in [0.05, 0.1) is 12.6 Å². The van der Waals surface area contributed by atoms with Crippen LogP contribution in [0, 0.1) is 5.92 Å². The summed E-state index contributed by atoms with van der Waals surface area (Å²) in [6, 6.07) is 0.402. The van der Waals surface area contributed by atoms with E-state index in [1.54, 1.807) is 0 Å². The van der Waals surface area contributed by atoms with E-state index in [-0.39, 0.29) is 17.9 Å². The van der Waals surface area contributed by atoms with Crippen molar-refractivity contribution in [2.24, 2.45) is 5.92 Å². The number of nitrogens with zero attached hydrogens (tertiary/aromatic N) is 2. The highest BCUT2D eigenvalue weighted by atomic mass is 16.3. The zero-order valence-corrected chi connectivity index (χ0v) is 11.6. The summed E-state index contributed by atoms with van der Waals surface area (Å²) in [7, 11) is 0. The SMILES string of the molecule is CC1CN(CC(=O)N2CCCCC2C)CCC1O. The van der Waals surface area contributed by atoms with Crippen LogP contribution in [0.15, 0.2) is 0 Å². The number of hydrogen-bond acceptors (Lipinski definition) is 3. The molecule has 2 rings (SSSR count). The third kappa shape index (κ3) is 3.23. The van der Waals surface area contributed by atoms with E-state index in [9.17, 15) is 9.90 Å². The highest BCUT2D eigenvalue weighted by Gasteiger charge is 2.28. The Morgan fingerprint density at radius 1 is 1.22 bits per heavy atom.